The molecule has 2 aromatic rings. The van der Waals surface area contributed by atoms with E-state index in [0.29, 0.717) is 19.5 Å². The molecule has 3 rings (SSSR count). The summed E-state index contributed by atoms with van der Waals surface area (Å²) in [6.45, 7) is 3.02. The molecule has 0 spiro atoms. The maximum absolute atomic E-state index is 12.4. The Balaban J connectivity index is 1.76. The van der Waals surface area contributed by atoms with E-state index in [2.05, 4.69) is 4.98 Å². The maximum Gasteiger partial charge on any atom is 0.307 e. The van der Waals surface area contributed by atoms with Crippen LogP contribution in [0.5, 0.6) is 0 Å². The number of aromatic amines is 1. The van der Waals surface area contributed by atoms with Crippen molar-refractivity contribution in [2.75, 3.05) is 6.54 Å². The molecule has 5 nitrogen and oxygen atoms in total. The third kappa shape index (κ3) is 2.51. The molecule has 2 N–H and O–H groups in total. The fourth-order valence-electron chi connectivity index (χ4n) is 2.79. The summed E-state index contributed by atoms with van der Waals surface area (Å²) in [4.78, 5) is 28.2. The maximum atomic E-state index is 12.4. The van der Waals surface area contributed by atoms with Crippen LogP contribution in [0.3, 0.4) is 0 Å². The van der Waals surface area contributed by atoms with Crippen molar-refractivity contribution in [1.29, 1.82) is 0 Å². The normalized spacial score (nSPS) is 20.4. The summed E-state index contributed by atoms with van der Waals surface area (Å²) in [7, 11) is 0. The molecule has 0 saturated heterocycles. The number of fused-ring (bicyclic) bond motifs is 1. The first kappa shape index (κ1) is 13.7. The van der Waals surface area contributed by atoms with Crippen molar-refractivity contribution < 1.29 is 14.7 Å². The van der Waals surface area contributed by atoms with Gasteiger partial charge < -0.3 is 15.0 Å². The fourth-order valence-corrected chi connectivity index (χ4v) is 2.79. The molecule has 1 aliphatic carbocycles. The van der Waals surface area contributed by atoms with Crippen LogP contribution in [0.4, 0.5) is 0 Å². The van der Waals surface area contributed by atoms with E-state index in [1.165, 1.54) is 0 Å². The van der Waals surface area contributed by atoms with Crippen LogP contribution >= 0.6 is 0 Å². The summed E-state index contributed by atoms with van der Waals surface area (Å²) in [6, 6.07) is 7.96. The molecular formula is C16H18N2O3. The van der Waals surface area contributed by atoms with E-state index >= 15 is 0 Å². The van der Waals surface area contributed by atoms with E-state index in [-0.39, 0.29) is 11.8 Å². The van der Waals surface area contributed by atoms with E-state index in [1.807, 2.05) is 37.4 Å². The number of carbonyl (C=O) groups is 2. The standard InChI is InChI=1S/C16H18N2O3/c1-2-18(15(19)12-7-13(12)16(20)21)9-10-8-17-14-6-4-3-5-11(10)14/h3-6,8,12-13,17H,2,7,9H2,1H3,(H,20,21). The van der Waals surface area contributed by atoms with Gasteiger partial charge in [0.25, 0.3) is 0 Å². The summed E-state index contributed by atoms with van der Waals surface area (Å²) in [5.41, 5.74) is 2.11. The highest BCUT2D eigenvalue weighted by Crippen LogP contribution is 2.40. The molecule has 1 saturated carbocycles. The van der Waals surface area contributed by atoms with Crippen LogP contribution in [0, 0.1) is 11.8 Å². The van der Waals surface area contributed by atoms with Gasteiger partial charge in [-0.25, -0.2) is 0 Å². The van der Waals surface area contributed by atoms with Crippen LogP contribution in [0.25, 0.3) is 10.9 Å². The van der Waals surface area contributed by atoms with Gasteiger partial charge in [0, 0.05) is 30.2 Å². The van der Waals surface area contributed by atoms with E-state index in [1.54, 1.807) is 4.90 Å². The highest BCUT2D eigenvalue weighted by atomic mass is 16.4. The first-order valence-electron chi connectivity index (χ1n) is 7.18. The zero-order valence-electron chi connectivity index (χ0n) is 11.9. The monoisotopic (exact) mass is 286 g/mol. The van der Waals surface area contributed by atoms with Crippen molar-refractivity contribution in [3.8, 4) is 0 Å². The van der Waals surface area contributed by atoms with Gasteiger partial charge in [-0.15, -0.1) is 0 Å². The Hall–Kier alpha value is -2.30. The Labute approximate surface area is 122 Å². The molecular weight excluding hydrogens is 268 g/mol. The molecule has 2 atom stereocenters. The number of aliphatic carboxylic acids is 1. The lowest BCUT2D eigenvalue weighted by Gasteiger charge is -2.20. The molecule has 0 bridgehead atoms. The molecule has 1 heterocycles. The second kappa shape index (κ2) is 5.24. The summed E-state index contributed by atoms with van der Waals surface area (Å²) in [5, 5.41) is 10.1. The van der Waals surface area contributed by atoms with Gasteiger partial charge in [0.2, 0.25) is 5.91 Å². The molecule has 1 fully saturated rings. The van der Waals surface area contributed by atoms with Crippen LogP contribution in [-0.2, 0) is 16.1 Å². The minimum atomic E-state index is -0.864. The Bertz CT molecular complexity index is 692. The molecule has 1 aromatic heterocycles. The average molecular weight is 286 g/mol. The van der Waals surface area contributed by atoms with E-state index in [4.69, 9.17) is 5.11 Å². The average Bonchev–Trinajstić information content (AvgIpc) is 3.20. The van der Waals surface area contributed by atoms with Gasteiger partial charge in [-0.1, -0.05) is 18.2 Å². The Morgan fingerprint density at radius 1 is 1.33 bits per heavy atom. The van der Waals surface area contributed by atoms with Crippen molar-refractivity contribution in [2.45, 2.75) is 19.9 Å². The van der Waals surface area contributed by atoms with Gasteiger partial charge in [-0.3, -0.25) is 9.59 Å². The lowest BCUT2D eigenvalue weighted by Crippen LogP contribution is -2.32. The first-order valence-corrected chi connectivity index (χ1v) is 7.18. The van der Waals surface area contributed by atoms with Gasteiger partial charge in [0.1, 0.15) is 0 Å². The van der Waals surface area contributed by atoms with Crippen molar-refractivity contribution in [3.05, 3.63) is 36.0 Å². The molecule has 1 aromatic carbocycles. The number of para-hydroxylation sites is 1. The van der Waals surface area contributed by atoms with Crippen LogP contribution in [-0.4, -0.2) is 33.4 Å². The van der Waals surface area contributed by atoms with Gasteiger partial charge >= 0.3 is 5.97 Å². The lowest BCUT2D eigenvalue weighted by atomic mass is 10.1. The fraction of sp³-hybridized carbons (Fsp3) is 0.375. The number of amides is 1. The van der Waals surface area contributed by atoms with Crippen molar-refractivity contribution in [2.24, 2.45) is 11.8 Å². The number of carboxylic acids is 1. The van der Waals surface area contributed by atoms with E-state index in [9.17, 15) is 9.59 Å². The van der Waals surface area contributed by atoms with E-state index in [0.717, 1.165) is 16.5 Å². The summed E-state index contributed by atoms with van der Waals surface area (Å²) < 4.78 is 0. The Morgan fingerprint density at radius 2 is 2.10 bits per heavy atom. The summed E-state index contributed by atoms with van der Waals surface area (Å²) >= 11 is 0. The minimum Gasteiger partial charge on any atom is -0.481 e. The molecule has 5 heteroatoms. The second-order valence-electron chi connectivity index (χ2n) is 5.50. The second-order valence-corrected chi connectivity index (χ2v) is 5.50. The highest BCUT2D eigenvalue weighted by Gasteiger charge is 2.49. The quantitative estimate of drug-likeness (QED) is 0.885. The highest BCUT2D eigenvalue weighted by molar-refractivity contribution is 5.90. The predicted octanol–water partition coefficient (Wildman–Crippen LogP) is 2.24. The number of rotatable bonds is 5. The van der Waals surface area contributed by atoms with Crippen LogP contribution in [0.15, 0.2) is 30.5 Å². The molecule has 1 aliphatic rings. The van der Waals surface area contributed by atoms with Crippen molar-refractivity contribution >= 4 is 22.8 Å². The number of hydrogen-bond acceptors (Lipinski definition) is 2. The van der Waals surface area contributed by atoms with Crippen LogP contribution in [0.1, 0.15) is 18.9 Å². The first-order chi connectivity index (χ1) is 10.1. The van der Waals surface area contributed by atoms with E-state index < -0.39 is 11.9 Å². The Kier molecular flexibility index (Phi) is 3.41. The van der Waals surface area contributed by atoms with Crippen molar-refractivity contribution in [3.63, 3.8) is 0 Å². The van der Waals surface area contributed by atoms with Gasteiger partial charge in [-0.05, 0) is 25.0 Å². The van der Waals surface area contributed by atoms with Gasteiger partial charge in [0.15, 0.2) is 0 Å². The number of hydrogen-bond donors (Lipinski definition) is 2. The Morgan fingerprint density at radius 3 is 2.76 bits per heavy atom. The van der Waals surface area contributed by atoms with Crippen molar-refractivity contribution in [1.82, 2.24) is 9.88 Å². The third-order valence-electron chi connectivity index (χ3n) is 4.15. The molecule has 110 valence electrons. The number of nitrogens with one attached hydrogen (secondary N) is 1. The lowest BCUT2D eigenvalue weighted by molar-refractivity contribution is -0.142. The number of carbonyl (C=O) groups excluding carboxylic acids is 1. The topological polar surface area (TPSA) is 73.4 Å². The zero-order chi connectivity index (χ0) is 15.0. The number of carboxylic acid groups (broad SMARTS) is 1. The molecule has 1 amide bonds. The smallest absolute Gasteiger partial charge is 0.307 e. The minimum absolute atomic E-state index is 0.0461. The van der Waals surface area contributed by atoms with Gasteiger partial charge in [-0.2, -0.15) is 0 Å². The zero-order valence-corrected chi connectivity index (χ0v) is 11.9. The third-order valence-corrected chi connectivity index (χ3v) is 4.15. The number of benzene rings is 1. The number of H-pyrrole nitrogens is 1. The molecule has 2 unspecified atom stereocenters. The van der Waals surface area contributed by atoms with Crippen LogP contribution in [0.2, 0.25) is 0 Å². The summed E-state index contributed by atoms with van der Waals surface area (Å²) in [5.74, 6) is -1.74. The number of aromatic nitrogens is 1. The van der Waals surface area contributed by atoms with Crippen LogP contribution < -0.4 is 0 Å². The SMILES string of the molecule is CCN(Cc1c[nH]c2ccccc12)C(=O)C1CC1C(=O)O. The molecule has 21 heavy (non-hydrogen) atoms. The molecule has 0 radical (unpaired) electrons. The van der Waals surface area contributed by atoms with Gasteiger partial charge in [0.05, 0.1) is 11.8 Å². The molecule has 0 aliphatic heterocycles. The largest absolute Gasteiger partial charge is 0.481 e. The number of nitrogens with zero attached hydrogens (tertiary/aromatic N) is 1. The summed E-state index contributed by atoms with van der Waals surface area (Å²) in [6.07, 6.45) is 2.39. The predicted molar refractivity (Wildman–Crippen MR) is 78.6 cm³/mol.